The lowest BCUT2D eigenvalue weighted by molar-refractivity contribution is -0.143. The lowest BCUT2D eigenvalue weighted by atomic mass is 10.3. The highest BCUT2D eigenvalue weighted by molar-refractivity contribution is 5.75. The maximum absolute atomic E-state index is 5.67. The van der Waals surface area contributed by atoms with Crippen LogP contribution in [0.2, 0.25) is 0 Å². The minimum absolute atomic E-state index is 0.210. The van der Waals surface area contributed by atoms with Gasteiger partial charge >= 0.3 is 0 Å². The molecule has 0 saturated carbocycles. The van der Waals surface area contributed by atoms with Crippen LogP contribution in [-0.2, 0) is 22.4 Å². The van der Waals surface area contributed by atoms with E-state index in [2.05, 4.69) is 23.6 Å². The Morgan fingerprint density at radius 1 is 1.10 bits per heavy atom. The number of benzene rings is 1. The van der Waals surface area contributed by atoms with Crippen LogP contribution in [0.1, 0.15) is 33.0 Å². The predicted octanol–water partition coefficient (Wildman–Crippen LogP) is 3.39. The summed E-state index contributed by atoms with van der Waals surface area (Å²) in [6.07, 6.45) is 1.84. The fraction of sp³-hybridized carbons (Fsp3) is 0.562. The number of aryl methyl sites for hydroxylation is 1. The minimum atomic E-state index is -0.210. The molecule has 1 aromatic carbocycles. The van der Waals surface area contributed by atoms with Crippen LogP contribution in [0.3, 0.4) is 0 Å². The lowest BCUT2D eigenvalue weighted by Gasteiger charge is -2.19. The number of hydrogen-bond acceptors (Lipinski definition) is 3. The van der Waals surface area contributed by atoms with Crippen LogP contribution >= 0.6 is 0 Å². The topological polar surface area (TPSA) is 36.3 Å². The summed E-state index contributed by atoms with van der Waals surface area (Å²) in [6, 6.07) is 8.24. The summed E-state index contributed by atoms with van der Waals surface area (Å²) in [4.78, 5) is 4.73. The minimum Gasteiger partial charge on any atom is -0.351 e. The van der Waals surface area contributed by atoms with Crippen LogP contribution in [-0.4, -0.2) is 29.1 Å². The second kappa shape index (κ2) is 7.41. The number of aromatic nitrogens is 2. The molecule has 2 aromatic rings. The van der Waals surface area contributed by atoms with E-state index >= 15 is 0 Å². The monoisotopic (exact) mass is 276 g/mol. The molecule has 20 heavy (non-hydrogen) atoms. The largest absolute Gasteiger partial charge is 0.351 e. The van der Waals surface area contributed by atoms with Crippen molar-refractivity contribution in [1.29, 1.82) is 0 Å². The highest BCUT2D eigenvalue weighted by atomic mass is 16.7. The summed E-state index contributed by atoms with van der Waals surface area (Å²) in [7, 11) is 0. The smallest absolute Gasteiger partial charge is 0.175 e. The van der Waals surface area contributed by atoms with Gasteiger partial charge in [-0.15, -0.1) is 0 Å². The number of nitrogens with zero attached hydrogens (tertiary/aromatic N) is 2. The van der Waals surface area contributed by atoms with Crippen LogP contribution < -0.4 is 0 Å². The van der Waals surface area contributed by atoms with Crippen molar-refractivity contribution in [3.63, 3.8) is 0 Å². The Balaban J connectivity index is 2.31. The average Bonchev–Trinajstić information content (AvgIpc) is 2.78. The highest BCUT2D eigenvalue weighted by Crippen LogP contribution is 2.18. The van der Waals surface area contributed by atoms with Gasteiger partial charge in [-0.3, -0.25) is 0 Å². The summed E-state index contributed by atoms with van der Waals surface area (Å²) in [6.45, 7) is 8.15. The molecule has 0 amide bonds. The first-order valence-corrected chi connectivity index (χ1v) is 7.47. The molecule has 0 unspecified atom stereocenters. The van der Waals surface area contributed by atoms with Gasteiger partial charge in [0.25, 0.3) is 0 Å². The van der Waals surface area contributed by atoms with Crippen LogP contribution in [0.5, 0.6) is 0 Å². The van der Waals surface area contributed by atoms with E-state index < -0.39 is 0 Å². The van der Waals surface area contributed by atoms with Gasteiger partial charge in [0.15, 0.2) is 6.29 Å². The third-order valence-electron chi connectivity index (χ3n) is 3.24. The van der Waals surface area contributed by atoms with Gasteiger partial charge in [0.05, 0.1) is 17.6 Å². The van der Waals surface area contributed by atoms with Gasteiger partial charge in [0, 0.05) is 19.6 Å². The average molecular weight is 276 g/mol. The van der Waals surface area contributed by atoms with Crippen molar-refractivity contribution in [1.82, 2.24) is 9.55 Å². The second-order valence-corrected chi connectivity index (χ2v) is 4.72. The van der Waals surface area contributed by atoms with Crippen LogP contribution in [0, 0.1) is 0 Å². The van der Waals surface area contributed by atoms with Gasteiger partial charge in [0.2, 0.25) is 0 Å². The van der Waals surface area contributed by atoms with Crippen molar-refractivity contribution in [3.05, 3.63) is 30.1 Å². The highest BCUT2D eigenvalue weighted by Gasteiger charge is 2.15. The lowest BCUT2D eigenvalue weighted by Crippen LogP contribution is -2.24. The van der Waals surface area contributed by atoms with Gasteiger partial charge < -0.3 is 14.0 Å². The summed E-state index contributed by atoms with van der Waals surface area (Å²) < 4.78 is 13.6. The predicted molar refractivity (Wildman–Crippen MR) is 80.8 cm³/mol. The standard InChI is InChI=1S/C16H24N2O2/c1-4-9-15-17-13-10-7-8-11-14(13)18(15)12-16(19-5-2)20-6-3/h7-8,10-11,16H,4-6,9,12H2,1-3H3. The molecule has 1 heterocycles. The molecule has 0 spiro atoms. The SMILES string of the molecule is CCCc1nc2ccccc2n1CC(OCC)OCC. The zero-order valence-electron chi connectivity index (χ0n) is 12.6. The number of fused-ring (bicyclic) bond motifs is 1. The van der Waals surface area contributed by atoms with Gasteiger partial charge in [-0.2, -0.15) is 0 Å². The molecule has 4 nitrogen and oxygen atoms in total. The van der Waals surface area contributed by atoms with E-state index in [9.17, 15) is 0 Å². The Kier molecular flexibility index (Phi) is 5.56. The quantitative estimate of drug-likeness (QED) is 0.693. The molecule has 1 aromatic heterocycles. The van der Waals surface area contributed by atoms with E-state index in [1.54, 1.807) is 0 Å². The summed E-state index contributed by atoms with van der Waals surface area (Å²) in [5, 5.41) is 0. The van der Waals surface area contributed by atoms with Crippen molar-refractivity contribution in [2.75, 3.05) is 13.2 Å². The number of imidazole rings is 1. The van der Waals surface area contributed by atoms with Crippen LogP contribution in [0.15, 0.2) is 24.3 Å². The number of para-hydroxylation sites is 2. The molecule has 2 rings (SSSR count). The first kappa shape index (κ1) is 15.0. The molecule has 0 aliphatic rings. The Bertz CT molecular complexity index is 530. The van der Waals surface area contributed by atoms with E-state index in [0.29, 0.717) is 19.8 Å². The van der Waals surface area contributed by atoms with Gasteiger partial charge in [-0.1, -0.05) is 19.1 Å². The maximum Gasteiger partial charge on any atom is 0.175 e. The third kappa shape index (κ3) is 3.38. The summed E-state index contributed by atoms with van der Waals surface area (Å²) >= 11 is 0. The molecular formula is C16H24N2O2. The normalized spacial score (nSPS) is 11.6. The molecule has 0 saturated heterocycles. The molecule has 110 valence electrons. The van der Waals surface area contributed by atoms with Gasteiger partial charge in [0.1, 0.15) is 5.82 Å². The first-order chi connectivity index (χ1) is 9.80. The van der Waals surface area contributed by atoms with Crippen molar-refractivity contribution >= 4 is 11.0 Å². The Morgan fingerprint density at radius 3 is 2.45 bits per heavy atom. The number of ether oxygens (including phenoxy) is 2. The van der Waals surface area contributed by atoms with E-state index in [-0.39, 0.29) is 6.29 Å². The molecule has 0 atom stereocenters. The van der Waals surface area contributed by atoms with E-state index in [0.717, 1.165) is 29.7 Å². The van der Waals surface area contributed by atoms with Gasteiger partial charge in [-0.25, -0.2) is 4.98 Å². The number of rotatable bonds is 8. The molecular weight excluding hydrogens is 252 g/mol. The Hall–Kier alpha value is -1.39. The van der Waals surface area contributed by atoms with E-state index in [1.165, 1.54) is 0 Å². The molecule has 0 N–H and O–H groups in total. The maximum atomic E-state index is 5.67. The van der Waals surface area contributed by atoms with Crippen molar-refractivity contribution < 1.29 is 9.47 Å². The molecule has 0 radical (unpaired) electrons. The summed E-state index contributed by atoms with van der Waals surface area (Å²) in [5.41, 5.74) is 2.20. The van der Waals surface area contributed by atoms with E-state index in [1.807, 2.05) is 26.0 Å². The van der Waals surface area contributed by atoms with E-state index in [4.69, 9.17) is 14.5 Å². The fourth-order valence-corrected chi connectivity index (χ4v) is 2.42. The second-order valence-electron chi connectivity index (χ2n) is 4.72. The molecule has 0 aliphatic heterocycles. The fourth-order valence-electron chi connectivity index (χ4n) is 2.42. The van der Waals surface area contributed by atoms with Crippen molar-refractivity contribution in [2.24, 2.45) is 0 Å². The molecule has 0 bridgehead atoms. The Morgan fingerprint density at radius 2 is 1.80 bits per heavy atom. The van der Waals surface area contributed by atoms with Crippen LogP contribution in [0.4, 0.5) is 0 Å². The Labute approximate surface area is 120 Å². The first-order valence-electron chi connectivity index (χ1n) is 7.47. The third-order valence-corrected chi connectivity index (χ3v) is 3.24. The number of hydrogen-bond donors (Lipinski definition) is 0. The molecule has 4 heteroatoms. The van der Waals surface area contributed by atoms with Crippen LogP contribution in [0.25, 0.3) is 11.0 Å². The zero-order chi connectivity index (χ0) is 14.4. The summed E-state index contributed by atoms with van der Waals surface area (Å²) in [5.74, 6) is 1.11. The molecule has 0 fully saturated rings. The van der Waals surface area contributed by atoms with Crippen molar-refractivity contribution in [2.45, 2.75) is 46.4 Å². The van der Waals surface area contributed by atoms with Gasteiger partial charge in [-0.05, 0) is 32.4 Å². The van der Waals surface area contributed by atoms with Crippen molar-refractivity contribution in [3.8, 4) is 0 Å². The zero-order valence-corrected chi connectivity index (χ0v) is 12.6. The molecule has 0 aliphatic carbocycles.